The van der Waals surface area contributed by atoms with E-state index < -0.39 is 17.5 Å². The highest BCUT2D eigenvalue weighted by molar-refractivity contribution is 6.53. The van der Waals surface area contributed by atoms with Gasteiger partial charge in [-0.15, -0.1) is 0 Å². The number of benzene rings is 2. The summed E-state index contributed by atoms with van der Waals surface area (Å²) in [7, 11) is 0. The fourth-order valence-electron chi connectivity index (χ4n) is 2.04. The van der Waals surface area contributed by atoms with Crippen LogP contribution in [0.25, 0.3) is 0 Å². The number of amides is 1. The molecule has 0 saturated heterocycles. The van der Waals surface area contributed by atoms with E-state index in [2.05, 4.69) is 0 Å². The molecule has 3 rings (SSSR count). The van der Waals surface area contributed by atoms with Gasteiger partial charge in [0.1, 0.15) is 5.82 Å². The van der Waals surface area contributed by atoms with Crippen molar-refractivity contribution in [2.75, 3.05) is 4.90 Å². The second kappa shape index (κ2) is 3.77. The standard InChI is InChI=1S/C14H8FNO2/c15-9-6-7-12-11(8-9)13(17)14(18)16(12)10-4-2-1-3-5-10/h1-8H. The number of Topliss-reactive ketones (excluding diaryl/α,β-unsaturated/α-hetero) is 1. The first kappa shape index (κ1) is 10.7. The lowest BCUT2D eigenvalue weighted by atomic mass is 10.1. The molecule has 0 bridgehead atoms. The summed E-state index contributed by atoms with van der Waals surface area (Å²) >= 11 is 0. The molecule has 4 heteroatoms. The van der Waals surface area contributed by atoms with E-state index in [1.807, 2.05) is 6.07 Å². The number of halogens is 1. The Bertz CT molecular complexity index is 652. The Labute approximate surface area is 102 Å². The third kappa shape index (κ3) is 1.43. The van der Waals surface area contributed by atoms with Crippen molar-refractivity contribution in [1.82, 2.24) is 0 Å². The molecule has 0 aliphatic carbocycles. The van der Waals surface area contributed by atoms with E-state index >= 15 is 0 Å². The first-order valence-electron chi connectivity index (χ1n) is 5.42. The Morgan fingerprint density at radius 3 is 2.39 bits per heavy atom. The Balaban J connectivity index is 2.20. The molecule has 0 fully saturated rings. The van der Waals surface area contributed by atoms with Gasteiger partial charge in [-0.3, -0.25) is 14.5 Å². The van der Waals surface area contributed by atoms with E-state index in [0.29, 0.717) is 11.4 Å². The predicted molar refractivity (Wildman–Crippen MR) is 64.3 cm³/mol. The number of carbonyl (C=O) groups excluding carboxylic acids is 2. The first-order chi connectivity index (χ1) is 8.68. The molecule has 1 amide bonds. The minimum absolute atomic E-state index is 0.115. The van der Waals surface area contributed by atoms with E-state index in [4.69, 9.17) is 0 Å². The van der Waals surface area contributed by atoms with Crippen LogP contribution in [0.3, 0.4) is 0 Å². The van der Waals surface area contributed by atoms with E-state index in [1.54, 1.807) is 24.3 Å². The molecule has 0 atom stereocenters. The summed E-state index contributed by atoms with van der Waals surface area (Å²) in [4.78, 5) is 25.0. The number of ketones is 1. The fraction of sp³-hybridized carbons (Fsp3) is 0. The third-order valence-electron chi connectivity index (χ3n) is 2.86. The van der Waals surface area contributed by atoms with E-state index in [1.165, 1.54) is 17.0 Å². The van der Waals surface area contributed by atoms with Crippen LogP contribution in [0.15, 0.2) is 48.5 Å². The molecular weight excluding hydrogens is 233 g/mol. The van der Waals surface area contributed by atoms with Crippen LogP contribution < -0.4 is 4.90 Å². The van der Waals surface area contributed by atoms with E-state index in [9.17, 15) is 14.0 Å². The molecule has 0 radical (unpaired) electrons. The van der Waals surface area contributed by atoms with Crippen LogP contribution in [0.5, 0.6) is 0 Å². The molecule has 2 aromatic carbocycles. The second-order valence-electron chi connectivity index (χ2n) is 3.97. The van der Waals surface area contributed by atoms with Crippen molar-refractivity contribution in [3.05, 3.63) is 59.9 Å². The summed E-state index contributed by atoms with van der Waals surface area (Å²) in [6.45, 7) is 0. The van der Waals surface area contributed by atoms with Crippen LogP contribution in [0.2, 0.25) is 0 Å². The van der Waals surface area contributed by atoms with Crippen molar-refractivity contribution in [3.63, 3.8) is 0 Å². The fourth-order valence-corrected chi connectivity index (χ4v) is 2.04. The number of rotatable bonds is 1. The maximum absolute atomic E-state index is 13.1. The van der Waals surface area contributed by atoms with Gasteiger partial charge in [-0.1, -0.05) is 18.2 Å². The van der Waals surface area contributed by atoms with Crippen LogP contribution >= 0.6 is 0 Å². The minimum atomic E-state index is -0.673. The zero-order valence-corrected chi connectivity index (χ0v) is 9.26. The predicted octanol–water partition coefficient (Wildman–Crippen LogP) is 2.69. The average Bonchev–Trinajstić information content (AvgIpc) is 2.64. The summed E-state index contributed by atoms with van der Waals surface area (Å²) in [5.41, 5.74) is 1.14. The smallest absolute Gasteiger partial charge is 0.283 e. The lowest BCUT2D eigenvalue weighted by Gasteiger charge is -2.16. The van der Waals surface area contributed by atoms with Crippen LogP contribution in [0.4, 0.5) is 15.8 Å². The van der Waals surface area contributed by atoms with Gasteiger partial charge in [-0.2, -0.15) is 0 Å². The van der Waals surface area contributed by atoms with Crippen molar-refractivity contribution in [2.24, 2.45) is 0 Å². The number of hydrogen-bond acceptors (Lipinski definition) is 2. The molecule has 3 nitrogen and oxygen atoms in total. The maximum atomic E-state index is 13.1. The molecule has 2 aromatic rings. The maximum Gasteiger partial charge on any atom is 0.304 e. The van der Waals surface area contributed by atoms with Crippen LogP contribution in [0.1, 0.15) is 10.4 Å². The molecule has 18 heavy (non-hydrogen) atoms. The molecule has 0 spiro atoms. The Morgan fingerprint density at radius 2 is 1.67 bits per heavy atom. The highest BCUT2D eigenvalue weighted by Crippen LogP contribution is 2.35. The zero-order chi connectivity index (χ0) is 12.7. The molecule has 1 aliphatic rings. The number of fused-ring (bicyclic) bond motifs is 1. The molecule has 88 valence electrons. The second-order valence-corrected chi connectivity index (χ2v) is 3.97. The van der Waals surface area contributed by atoms with Gasteiger partial charge < -0.3 is 0 Å². The van der Waals surface area contributed by atoms with Gasteiger partial charge in [-0.05, 0) is 30.3 Å². The van der Waals surface area contributed by atoms with Crippen molar-refractivity contribution in [1.29, 1.82) is 0 Å². The van der Waals surface area contributed by atoms with Crippen molar-refractivity contribution in [2.45, 2.75) is 0 Å². The van der Waals surface area contributed by atoms with E-state index in [0.717, 1.165) is 6.07 Å². The summed E-state index contributed by atoms with van der Waals surface area (Å²) in [6.07, 6.45) is 0. The Morgan fingerprint density at radius 1 is 0.944 bits per heavy atom. The number of nitrogens with zero attached hydrogens (tertiary/aromatic N) is 1. The summed E-state index contributed by atoms with van der Waals surface area (Å²) in [6, 6.07) is 12.6. The van der Waals surface area contributed by atoms with E-state index in [-0.39, 0.29) is 5.56 Å². The number of hydrogen-bond donors (Lipinski definition) is 0. The Hall–Kier alpha value is -2.49. The van der Waals surface area contributed by atoms with Crippen molar-refractivity contribution < 1.29 is 14.0 Å². The van der Waals surface area contributed by atoms with Gasteiger partial charge in [0.15, 0.2) is 0 Å². The summed E-state index contributed by atoms with van der Waals surface area (Å²) in [5, 5.41) is 0. The van der Waals surface area contributed by atoms with Crippen LogP contribution in [0, 0.1) is 5.82 Å². The molecule has 1 aliphatic heterocycles. The molecular formula is C14H8FNO2. The van der Waals surface area contributed by atoms with Gasteiger partial charge in [0.2, 0.25) is 0 Å². The van der Waals surface area contributed by atoms with Crippen LogP contribution in [-0.4, -0.2) is 11.7 Å². The molecule has 0 unspecified atom stereocenters. The van der Waals surface area contributed by atoms with Gasteiger partial charge >= 0.3 is 5.91 Å². The quantitative estimate of drug-likeness (QED) is 0.720. The average molecular weight is 241 g/mol. The van der Waals surface area contributed by atoms with Crippen molar-refractivity contribution >= 4 is 23.1 Å². The Kier molecular flexibility index (Phi) is 2.23. The largest absolute Gasteiger partial charge is 0.304 e. The van der Waals surface area contributed by atoms with Gasteiger partial charge in [0.05, 0.1) is 11.3 Å². The highest BCUT2D eigenvalue weighted by Gasteiger charge is 2.36. The number of anilines is 2. The normalized spacial score (nSPS) is 13.9. The van der Waals surface area contributed by atoms with Gasteiger partial charge in [-0.25, -0.2) is 4.39 Å². The lowest BCUT2D eigenvalue weighted by molar-refractivity contribution is -0.113. The zero-order valence-electron chi connectivity index (χ0n) is 9.26. The van der Waals surface area contributed by atoms with Crippen LogP contribution in [-0.2, 0) is 4.79 Å². The number of carbonyl (C=O) groups is 2. The highest BCUT2D eigenvalue weighted by atomic mass is 19.1. The van der Waals surface area contributed by atoms with Crippen molar-refractivity contribution in [3.8, 4) is 0 Å². The molecule has 0 aromatic heterocycles. The lowest BCUT2D eigenvalue weighted by Crippen LogP contribution is -2.24. The molecule has 0 saturated carbocycles. The van der Waals surface area contributed by atoms with Gasteiger partial charge in [0.25, 0.3) is 5.78 Å². The summed E-state index contributed by atoms with van der Waals surface area (Å²) < 4.78 is 13.1. The van der Waals surface area contributed by atoms with Gasteiger partial charge in [0, 0.05) is 5.69 Å². The number of para-hydroxylation sites is 1. The third-order valence-corrected chi connectivity index (χ3v) is 2.86. The monoisotopic (exact) mass is 241 g/mol. The first-order valence-corrected chi connectivity index (χ1v) is 5.42. The molecule has 1 heterocycles. The SMILES string of the molecule is O=C1C(=O)N(c2ccccc2)c2ccc(F)cc21. The molecule has 0 N–H and O–H groups in total. The minimum Gasteiger partial charge on any atom is -0.283 e. The topological polar surface area (TPSA) is 37.4 Å². The summed E-state index contributed by atoms with van der Waals surface area (Å²) in [5.74, 6) is -1.85.